The Morgan fingerprint density at radius 1 is 1.00 bits per heavy atom. The number of nitrogens with two attached hydrogens (primary N) is 1. The van der Waals surface area contributed by atoms with Crippen LogP contribution in [0.3, 0.4) is 0 Å². The molecule has 0 bridgehead atoms. The number of nitrogens with one attached hydrogen (secondary N) is 2. The Balaban J connectivity index is 0.000000271. The number of amidine groups is 1. The molecule has 0 fully saturated rings. The Bertz CT molecular complexity index is 1060. The molecule has 3 aromatic rings. The molecular formula is C16H10Br2F6N8. The predicted molar refractivity (Wildman–Crippen MR) is 107 cm³/mol. The van der Waals surface area contributed by atoms with Gasteiger partial charge in [0.25, 0.3) is 0 Å². The molecule has 4 N–H and O–H groups in total. The summed E-state index contributed by atoms with van der Waals surface area (Å²) >= 11 is 6.37. The van der Waals surface area contributed by atoms with Gasteiger partial charge in [-0.3, -0.25) is 15.5 Å². The highest BCUT2D eigenvalue weighted by molar-refractivity contribution is 9.10. The van der Waals surface area contributed by atoms with Crippen molar-refractivity contribution >= 4 is 37.7 Å². The van der Waals surface area contributed by atoms with Crippen molar-refractivity contribution in [3.8, 4) is 17.6 Å². The first-order valence-corrected chi connectivity index (χ1v) is 9.37. The molecule has 3 aromatic heterocycles. The standard InChI is InChI=1S/C8H4BrF3N4.C6H3BrN2.C2H3F3N2/c9-4-1-2-5(13-3-4)6-14-7(16-15-6)8(10,11)12;7-5-1-2-6(3-8)9-4-5;3-2(4,5)1(6)7/h1-3H,(H,14,15,16);1-2,4H;(H3,6,7). The molecule has 32 heavy (non-hydrogen) atoms. The highest BCUT2D eigenvalue weighted by Gasteiger charge is 2.35. The molecule has 0 radical (unpaired) electrons. The van der Waals surface area contributed by atoms with Gasteiger partial charge in [0.05, 0.1) is 0 Å². The number of rotatable bonds is 1. The van der Waals surface area contributed by atoms with Gasteiger partial charge < -0.3 is 5.73 Å². The van der Waals surface area contributed by atoms with Gasteiger partial charge in [0, 0.05) is 21.3 Å². The molecule has 0 aromatic carbocycles. The van der Waals surface area contributed by atoms with Crippen LogP contribution in [0, 0.1) is 16.7 Å². The number of halogens is 8. The van der Waals surface area contributed by atoms with Gasteiger partial charge in [-0.05, 0) is 56.1 Å². The summed E-state index contributed by atoms with van der Waals surface area (Å²) in [5.74, 6) is -2.97. The summed E-state index contributed by atoms with van der Waals surface area (Å²) in [6.07, 6.45) is -6.11. The van der Waals surface area contributed by atoms with Crippen LogP contribution in [-0.4, -0.2) is 37.2 Å². The van der Waals surface area contributed by atoms with Crippen molar-refractivity contribution in [2.45, 2.75) is 12.4 Å². The molecule has 0 unspecified atom stereocenters. The summed E-state index contributed by atoms with van der Waals surface area (Å²) in [5.41, 5.74) is 4.74. The number of nitriles is 1. The Hall–Kier alpha value is -3.06. The molecule has 8 nitrogen and oxygen atoms in total. The van der Waals surface area contributed by atoms with Crippen LogP contribution in [0.1, 0.15) is 11.5 Å². The number of hydrogen-bond acceptors (Lipinski definition) is 6. The van der Waals surface area contributed by atoms with E-state index in [1.165, 1.54) is 12.3 Å². The number of nitrogens with zero attached hydrogens (tertiary/aromatic N) is 5. The summed E-state index contributed by atoms with van der Waals surface area (Å²) in [5, 5.41) is 19.4. The third kappa shape index (κ3) is 9.39. The zero-order valence-electron chi connectivity index (χ0n) is 15.3. The minimum absolute atomic E-state index is 0.0835. The van der Waals surface area contributed by atoms with Crippen molar-refractivity contribution in [1.82, 2.24) is 25.1 Å². The molecular weight excluding hydrogens is 578 g/mol. The van der Waals surface area contributed by atoms with E-state index < -0.39 is 24.0 Å². The van der Waals surface area contributed by atoms with Crippen molar-refractivity contribution < 1.29 is 26.3 Å². The summed E-state index contributed by atoms with van der Waals surface area (Å²) in [6, 6.07) is 8.53. The van der Waals surface area contributed by atoms with Crippen molar-refractivity contribution in [3.05, 3.63) is 57.1 Å². The fourth-order valence-electron chi connectivity index (χ4n) is 1.45. The van der Waals surface area contributed by atoms with E-state index in [0.717, 1.165) is 8.95 Å². The number of aromatic amines is 1. The molecule has 170 valence electrons. The van der Waals surface area contributed by atoms with E-state index in [1.807, 2.05) is 11.2 Å². The van der Waals surface area contributed by atoms with Gasteiger partial charge in [0.15, 0.2) is 11.7 Å². The molecule has 0 aliphatic heterocycles. The van der Waals surface area contributed by atoms with Crippen molar-refractivity contribution in [2.24, 2.45) is 5.73 Å². The zero-order valence-corrected chi connectivity index (χ0v) is 18.5. The monoisotopic (exact) mass is 586 g/mol. The zero-order chi connectivity index (χ0) is 24.5. The molecule has 3 heterocycles. The average molecular weight is 588 g/mol. The van der Waals surface area contributed by atoms with Crippen LogP contribution in [-0.2, 0) is 6.18 Å². The molecule has 0 aliphatic rings. The second kappa shape index (κ2) is 11.5. The quantitative estimate of drug-likeness (QED) is 0.211. The maximum absolute atomic E-state index is 12.2. The third-order valence-electron chi connectivity index (χ3n) is 2.86. The van der Waals surface area contributed by atoms with Crippen LogP contribution in [0.15, 0.2) is 45.6 Å². The van der Waals surface area contributed by atoms with E-state index in [-0.39, 0.29) is 11.5 Å². The van der Waals surface area contributed by atoms with Crippen LogP contribution < -0.4 is 5.73 Å². The van der Waals surface area contributed by atoms with E-state index in [2.05, 4.69) is 57.6 Å². The summed E-state index contributed by atoms with van der Waals surface area (Å²) in [6.45, 7) is 0. The lowest BCUT2D eigenvalue weighted by Gasteiger charge is -1.98. The van der Waals surface area contributed by atoms with E-state index in [4.69, 9.17) is 10.7 Å². The SMILES string of the molecule is FC(F)(F)c1nc(-c2ccc(Br)cn2)n[nH]1.N#Cc1ccc(Br)cn1.N=C(N)C(F)(F)F. The Morgan fingerprint density at radius 3 is 1.88 bits per heavy atom. The average Bonchev–Trinajstić information content (AvgIpc) is 3.20. The molecule has 0 aliphatic carbocycles. The van der Waals surface area contributed by atoms with Crippen LogP contribution in [0.5, 0.6) is 0 Å². The topological polar surface area (TPSA) is 141 Å². The molecule has 3 rings (SSSR count). The van der Waals surface area contributed by atoms with Gasteiger partial charge >= 0.3 is 12.4 Å². The number of hydrogen-bond donors (Lipinski definition) is 3. The minimum atomic E-state index is -4.64. The lowest BCUT2D eigenvalue weighted by atomic mass is 10.3. The molecule has 0 saturated carbocycles. The maximum Gasteiger partial charge on any atom is 0.451 e. The van der Waals surface area contributed by atoms with Crippen molar-refractivity contribution in [2.75, 3.05) is 0 Å². The summed E-state index contributed by atoms with van der Waals surface area (Å²) < 4.78 is 70.8. The van der Waals surface area contributed by atoms with Gasteiger partial charge in [-0.25, -0.2) is 9.97 Å². The lowest BCUT2D eigenvalue weighted by molar-refractivity contribution is -0.144. The van der Waals surface area contributed by atoms with Gasteiger partial charge in [-0.2, -0.15) is 36.7 Å². The largest absolute Gasteiger partial charge is 0.451 e. The second-order valence-electron chi connectivity index (χ2n) is 5.25. The van der Waals surface area contributed by atoms with Crippen molar-refractivity contribution in [1.29, 1.82) is 10.7 Å². The molecule has 0 atom stereocenters. The first kappa shape index (κ1) is 27.0. The smallest absolute Gasteiger partial charge is 0.380 e. The van der Waals surface area contributed by atoms with Crippen LogP contribution in [0.2, 0.25) is 0 Å². The van der Waals surface area contributed by atoms with Crippen LogP contribution in [0.25, 0.3) is 11.5 Å². The molecule has 16 heteroatoms. The van der Waals surface area contributed by atoms with Gasteiger partial charge in [-0.15, -0.1) is 0 Å². The Kier molecular flexibility index (Phi) is 9.72. The fraction of sp³-hybridized carbons (Fsp3) is 0.125. The highest BCUT2D eigenvalue weighted by Crippen LogP contribution is 2.27. The number of alkyl halides is 6. The molecule has 0 amide bonds. The second-order valence-corrected chi connectivity index (χ2v) is 7.08. The third-order valence-corrected chi connectivity index (χ3v) is 3.80. The van der Waals surface area contributed by atoms with Gasteiger partial charge in [0.2, 0.25) is 5.82 Å². The fourth-order valence-corrected chi connectivity index (χ4v) is 1.92. The summed E-state index contributed by atoms with van der Waals surface area (Å²) in [4.78, 5) is 11.0. The normalized spacial score (nSPS) is 10.7. The number of pyridine rings is 2. The highest BCUT2D eigenvalue weighted by atomic mass is 79.9. The predicted octanol–water partition coefficient (Wildman–Crippen LogP) is 4.85. The van der Waals surface area contributed by atoms with Gasteiger partial charge in [-0.1, -0.05) is 0 Å². The Morgan fingerprint density at radius 2 is 1.53 bits per heavy atom. The summed E-state index contributed by atoms with van der Waals surface area (Å²) in [7, 11) is 0. The minimum Gasteiger partial charge on any atom is -0.380 e. The molecule has 0 spiro atoms. The Labute approximate surface area is 192 Å². The number of H-pyrrole nitrogens is 1. The van der Waals surface area contributed by atoms with E-state index >= 15 is 0 Å². The van der Waals surface area contributed by atoms with Crippen molar-refractivity contribution in [3.63, 3.8) is 0 Å². The number of aromatic nitrogens is 5. The first-order chi connectivity index (χ1) is 14.7. The van der Waals surface area contributed by atoms with E-state index in [0.29, 0.717) is 5.69 Å². The molecule has 0 saturated heterocycles. The van der Waals surface area contributed by atoms with E-state index in [9.17, 15) is 26.3 Å². The van der Waals surface area contributed by atoms with Crippen LogP contribution >= 0.6 is 31.9 Å². The lowest BCUT2D eigenvalue weighted by Crippen LogP contribution is -2.29. The maximum atomic E-state index is 12.2. The van der Waals surface area contributed by atoms with Crippen LogP contribution in [0.4, 0.5) is 26.3 Å². The first-order valence-electron chi connectivity index (χ1n) is 7.78. The van der Waals surface area contributed by atoms with E-state index in [1.54, 1.807) is 24.4 Å². The van der Waals surface area contributed by atoms with Gasteiger partial charge in [0.1, 0.15) is 17.5 Å².